The van der Waals surface area contributed by atoms with Gasteiger partial charge in [0.25, 0.3) is 5.56 Å². The number of aromatic nitrogens is 2. The zero-order valence-corrected chi connectivity index (χ0v) is 13.8. The first kappa shape index (κ1) is 14.5. The van der Waals surface area contributed by atoms with Crippen molar-refractivity contribution in [2.24, 2.45) is 0 Å². The topological polar surface area (TPSA) is 47.0 Å². The van der Waals surface area contributed by atoms with Gasteiger partial charge in [0.1, 0.15) is 0 Å². The third-order valence-electron chi connectivity index (χ3n) is 4.74. The van der Waals surface area contributed by atoms with E-state index in [1.165, 1.54) is 0 Å². The van der Waals surface area contributed by atoms with Gasteiger partial charge in [0.05, 0.1) is 16.5 Å². The standard InChI is InChI=1S/C16H18N2O2S2/c19-14-12-3-1-2-4-13(12)17-15(21)18(14)11-5-7-20-16(9-11)6-8-22-10-16/h1-4,11H,5-10H2,(H,17,21)/t11-,16-/m0/s1. The quantitative estimate of drug-likeness (QED) is 0.813. The number of aromatic amines is 1. The Bertz CT molecular complexity index is 821. The Hall–Kier alpha value is -1.11. The highest BCUT2D eigenvalue weighted by Gasteiger charge is 2.41. The number of ether oxygens (including phenoxy) is 1. The largest absolute Gasteiger partial charge is 0.374 e. The highest BCUT2D eigenvalue weighted by molar-refractivity contribution is 7.99. The lowest BCUT2D eigenvalue weighted by Crippen LogP contribution is -2.42. The van der Waals surface area contributed by atoms with Crippen LogP contribution in [0.5, 0.6) is 0 Å². The van der Waals surface area contributed by atoms with Gasteiger partial charge in [-0.2, -0.15) is 11.8 Å². The Balaban J connectivity index is 1.80. The van der Waals surface area contributed by atoms with Gasteiger partial charge in [-0.25, -0.2) is 0 Å². The van der Waals surface area contributed by atoms with Crippen molar-refractivity contribution in [3.05, 3.63) is 39.4 Å². The summed E-state index contributed by atoms with van der Waals surface area (Å²) in [5.41, 5.74) is 0.777. The van der Waals surface area contributed by atoms with Crippen LogP contribution in [-0.4, -0.2) is 33.3 Å². The number of benzene rings is 1. The van der Waals surface area contributed by atoms with Crippen molar-refractivity contribution in [2.45, 2.75) is 30.9 Å². The molecule has 0 aliphatic carbocycles. The minimum absolute atomic E-state index is 0.0204. The van der Waals surface area contributed by atoms with Crippen molar-refractivity contribution in [3.8, 4) is 0 Å². The van der Waals surface area contributed by atoms with Gasteiger partial charge in [0, 0.05) is 18.4 Å². The van der Waals surface area contributed by atoms with Crippen LogP contribution in [0.1, 0.15) is 25.3 Å². The summed E-state index contributed by atoms with van der Waals surface area (Å²) in [6, 6.07) is 7.70. The minimum Gasteiger partial charge on any atom is -0.374 e. The Morgan fingerprint density at radius 3 is 3.09 bits per heavy atom. The van der Waals surface area contributed by atoms with Gasteiger partial charge >= 0.3 is 0 Å². The molecule has 0 saturated carbocycles. The molecule has 1 aromatic heterocycles. The predicted octanol–water partition coefficient (Wildman–Crippen LogP) is 3.29. The molecule has 22 heavy (non-hydrogen) atoms. The normalized spacial score (nSPS) is 28.5. The van der Waals surface area contributed by atoms with E-state index in [0.717, 1.165) is 36.3 Å². The predicted molar refractivity (Wildman–Crippen MR) is 92.3 cm³/mol. The van der Waals surface area contributed by atoms with Crippen LogP contribution in [0.3, 0.4) is 0 Å². The first-order chi connectivity index (χ1) is 10.7. The molecule has 1 aromatic carbocycles. The van der Waals surface area contributed by atoms with Gasteiger partial charge in [-0.15, -0.1) is 0 Å². The van der Waals surface area contributed by atoms with Gasteiger partial charge in [-0.1, -0.05) is 12.1 Å². The maximum absolute atomic E-state index is 12.9. The number of fused-ring (bicyclic) bond motifs is 1. The molecule has 116 valence electrons. The molecule has 1 N–H and O–H groups in total. The number of rotatable bonds is 1. The third-order valence-corrected chi connectivity index (χ3v) is 6.26. The van der Waals surface area contributed by atoms with E-state index in [1.54, 1.807) is 4.57 Å². The first-order valence-electron chi connectivity index (χ1n) is 7.64. The lowest BCUT2D eigenvalue weighted by Gasteiger charge is -2.38. The van der Waals surface area contributed by atoms with E-state index < -0.39 is 0 Å². The second-order valence-corrected chi connectivity index (χ2v) is 7.62. The molecule has 2 saturated heterocycles. The van der Waals surface area contributed by atoms with E-state index in [4.69, 9.17) is 17.0 Å². The highest BCUT2D eigenvalue weighted by Crippen LogP contribution is 2.41. The Kier molecular flexibility index (Phi) is 3.63. The molecule has 0 bridgehead atoms. The van der Waals surface area contributed by atoms with Gasteiger partial charge in [-0.3, -0.25) is 9.36 Å². The molecule has 3 heterocycles. The molecule has 1 spiro atoms. The van der Waals surface area contributed by atoms with Crippen LogP contribution in [-0.2, 0) is 4.74 Å². The van der Waals surface area contributed by atoms with Crippen molar-refractivity contribution >= 4 is 34.9 Å². The lowest BCUT2D eigenvalue weighted by atomic mass is 9.89. The maximum Gasteiger partial charge on any atom is 0.262 e. The van der Waals surface area contributed by atoms with Gasteiger partial charge in [0.2, 0.25) is 0 Å². The summed E-state index contributed by atoms with van der Waals surface area (Å²) in [6.07, 6.45) is 2.81. The molecule has 4 rings (SSSR count). The number of nitrogens with zero attached hydrogens (tertiary/aromatic N) is 1. The summed E-state index contributed by atoms with van der Waals surface area (Å²) in [7, 11) is 0. The molecule has 0 unspecified atom stereocenters. The van der Waals surface area contributed by atoms with Crippen LogP contribution in [0.25, 0.3) is 10.9 Å². The molecule has 2 fully saturated rings. The number of para-hydroxylation sites is 1. The van der Waals surface area contributed by atoms with Crippen LogP contribution >= 0.6 is 24.0 Å². The molecule has 2 aliphatic rings. The molecular formula is C16H18N2O2S2. The molecule has 2 aliphatic heterocycles. The van der Waals surface area contributed by atoms with Crippen molar-refractivity contribution in [2.75, 3.05) is 18.1 Å². The molecule has 2 atom stereocenters. The Morgan fingerprint density at radius 1 is 1.41 bits per heavy atom. The average molecular weight is 334 g/mol. The molecule has 6 heteroatoms. The molecule has 0 radical (unpaired) electrons. The second-order valence-electron chi connectivity index (χ2n) is 6.13. The summed E-state index contributed by atoms with van der Waals surface area (Å²) >= 11 is 7.41. The van der Waals surface area contributed by atoms with Gasteiger partial charge < -0.3 is 9.72 Å². The van der Waals surface area contributed by atoms with Crippen molar-refractivity contribution in [1.29, 1.82) is 0 Å². The molecule has 2 aromatic rings. The van der Waals surface area contributed by atoms with Crippen LogP contribution < -0.4 is 5.56 Å². The summed E-state index contributed by atoms with van der Waals surface area (Å²) in [6.45, 7) is 0.708. The van der Waals surface area contributed by atoms with E-state index in [9.17, 15) is 4.79 Å². The zero-order chi connectivity index (χ0) is 15.2. The molecule has 4 nitrogen and oxygen atoms in total. The highest BCUT2D eigenvalue weighted by atomic mass is 32.2. The fraction of sp³-hybridized carbons (Fsp3) is 0.500. The van der Waals surface area contributed by atoms with E-state index in [-0.39, 0.29) is 17.2 Å². The van der Waals surface area contributed by atoms with Crippen LogP contribution in [0.2, 0.25) is 0 Å². The van der Waals surface area contributed by atoms with Gasteiger partial charge in [0.15, 0.2) is 4.77 Å². The summed E-state index contributed by atoms with van der Waals surface area (Å²) in [5, 5.41) is 0.706. The van der Waals surface area contributed by atoms with E-state index >= 15 is 0 Å². The number of H-pyrrole nitrogens is 1. The van der Waals surface area contributed by atoms with Gasteiger partial charge in [-0.05, 0) is 49.4 Å². The van der Waals surface area contributed by atoms with E-state index in [2.05, 4.69) is 4.98 Å². The van der Waals surface area contributed by atoms with Crippen LogP contribution in [0.15, 0.2) is 29.1 Å². The SMILES string of the molecule is O=c1c2ccccc2[nH]c(=S)n1[C@H]1CCO[C@@]2(CCSC2)C1. The fourth-order valence-electron chi connectivity index (χ4n) is 3.59. The summed E-state index contributed by atoms with van der Waals surface area (Å²) in [5.74, 6) is 2.18. The third kappa shape index (κ3) is 2.33. The number of hydrogen-bond donors (Lipinski definition) is 1. The Morgan fingerprint density at radius 2 is 2.27 bits per heavy atom. The Labute approximate surface area is 137 Å². The summed E-state index contributed by atoms with van der Waals surface area (Å²) in [4.78, 5) is 16.1. The monoisotopic (exact) mass is 334 g/mol. The molecule has 0 amide bonds. The number of hydrogen-bond acceptors (Lipinski definition) is 4. The number of thioether (sulfide) groups is 1. The first-order valence-corrected chi connectivity index (χ1v) is 9.20. The molecular weight excluding hydrogens is 316 g/mol. The van der Waals surface area contributed by atoms with E-state index in [0.29, 0.717) is 16.8 Å². The second kappa shape index (κ2) is 5.51. The minimum atomic E-state index is -0.0551. The fourth-order valence-corrected chi connectivity index (χ4v) is 5.31. The maximum atomic E-state index is 12.9. The van der Waals surface area contributed by atoms with Crippen molar-refractivity contribution in [3.63, 3.8) is 0 Å². The summed E-state index contributed by atoms with van der Waals surface area (Å²) < 4.78 is 8.37. The van der Waals surface area contributed by atoms with Crippen LogP contribution in [0, 0.1) is 4.77 Å². The lowest BCUT2D eigenvalue weighted by molar-refractivity contribution is -0.0768. The van der Waals surface area contributed by atoms with Crippen molar-refractivity contribution < 1.29 is 4.74 Å². The van der Waals surface area contributed by atoms with Crippen LogP contribution in [0.4, 0.5) is 0 Å². The number of nitrogens with one attached hydrogen (secondary N) is 1. The zero-order valence-electron chi connectivity index (χ0n) is 12.2. The average Bonchev–Trinajstić information content (AvgIpc) is 2.95. The smallest absolute Gasteiger partial charge is 0.262 e. The van der Waals surface area contributed by atoms with E-state index in [1.807, 2.05) is 36.0 Å². The van der Waals surface area contributed by atoms with Crippen molar-refractivity contribution in [1.82, 2.24) is 9.55 Å².